The molecule has 21 heavy (non-hydrogen) atoms. The van der Waals surface area contributed by atoms with Crippen LogP contribution in [0.15, 0.2) is 30.6 Å². The second-order valence-electron chi connectivity index (χ2n) is 4.96. The monoisotopic (exact) mass is 297 g/mol. The Morgan fingerprint density at radius 2 is 2.05 bits per heavy atom. The summed E-state index contributed by atoms with van der Waals surface area (Å²) in [6, 6.07) is 5.54. The highest BCUT2D eigenvalue weighted by Crippen LogP contribution is 2.29. The first kappa shape index (κ1) is 15.6. The second kappa shape index (κ2) is 6.30. The summed E-state index contributed by atoms with van der Waals surface area (Å²) in [4.78, 5) is 0. The first-order chi connectivity index (χ1) is 9.91. The molecule has 0 aliphatic carbocycles. The van der Waals surface area contributed by atoms with Crippen LogP contribution in [0, 0.1) is 6.92 Å². The van der Waals surface area contributed by atoms with Gasteiger partial charge < -0.3 is 5.32 Å². The fourth-order valence-corrected chi connectivity index (χ4v) is 2.03. The maximum Gasteiger partial charge on any atom is 0.419 e. The van der Waals surface area contributed by atoms with Crippen molar-refractivity contribution in [2.45, 2.75) is 33.0 Å². The highest BCUT2D eigenvalue weighted by molar-refractivity contribution is 5.40. The van der Waals surface area contributed by atoms with E-state index in [1.165, 1.54) is 4.68 Å². The molecule has 0 atom stereocenters. The SMILES string of the molecule is CCCNCc1ccc(-n2cc(C(F)(F)F)cn2)cc1C. The van der Waals surface area contributed by atoms with Crippen molar-refractivity contribution in [1.29, 1.82) is 0 Å². The zero-order valence-electron chi connectivity index (χ0n) is 12.0. The average Bonchev–Trinajstić information content (AvgIpc) is 2.90. The standard InChI is InChI=1S/C15H18F3N3/c1-3-6-19-8-12-4-5-14(7-11(12)2)21-10-13(9-20-21)15(16,17)18/h4-5,7,9-10,19H,3,6,8H2,1-2H3. The van der Waals surface area contributed by atoms with Gasteiger partial charge in [-0.25, -0.2) is 4.68 Å². The number of alkyl halides is 3. The van der Waals surface area contributed by atoms with Crippen LogP contribution in [0.3, 0.4) is 0 Å². The van der Waals surface area contributed by atoms with Crippen LogP contribution in [0.4, 0.5) is 13.2 Å². The number of benzene rings is 1. The molecule has 0 saturated heterocycles. The lowest BCUT2D eigenvalue weighted by atomic mass is 10.1. The van der Waals surface area contributed by atoms with Crippen molar-refractivity contribution in [3.8, 4) is 5.69 Å². The zero-order chi connectivity index (χ0) is 15.5. The maximum atomic E-state index is 12.6. The van der Waals surface area contributed by atoms with Gasteiger partial charge in [-0.1, -0.05) is 13.0 Å². The molecular weight excluding hydrogens is 279 g/mol. The van der Waals surface area contributed by atoms with Crippen molar-refractivity contribution >= 4 is 0 Å². The van der Waals surface area contributed by atoms with Gasteiger partial charge in [-0.3, -0.25) is 0 Å². The normalized spacial score (nSPS) is 11.9. The summed E-state index contributed by atoms with van der Waals surface area (Å²) in [6.45, 7) is 5.74. The van der Waals surface area contributed by atoms with Gasteiger partial charge in [0.15, 0.2) is 0 Å². The van der Waals surface area contributed by atoms with Gasteiger partial charge in [-0.15, -0.1) is 0 Å². The number of rotatable bonds is 5. The third-order valence-corrected chi connectivity index (χ3v) is 3.24. The number of halogens is 3. The van der Waals surface area contributed by atoms with Crippen molar-refractivity contribution in [1.82, 2.24) is 15.1 Å². The number of aromatic nitrogens is 2. The van der Waals surface area contributed by atoms with E-state index in [0.29, 0.717) is 5.69 Å². The Balaban J connectivity index is 2.18. The minimum Gasteiger partial charge on any atom is -0.313 e. The van der Waals surface area contributed by atoms with Crippen LogP contribution in [-0.2, 0) is 12.7 Å². The van der Waals surface area contributed by atoms with E-state index in [9.17, 15) is 13.2 Å². The van der Waals surface area contributed by atoms with Gasteiger partial charge in [0.2, 0.25) is 0 Å². The molecule has 1 N–H and O–H groups in total. The van der Waals surface area contributed by atoms with Crippen LogP contribution < -0.4 is 5.32 Å². The van der Waals surface area contributed by atoms with Crippen molar-refractivity contribution in [2.75, 3.05) is 6.54 Å². The minimum atomic E-state index is -4.36. The van der Waals surface area contributed by atoms with Crippen LogP contribution in [0.1, 0.15) is 30.0 Å². The largest absolute Gasteiger partial charge is 0.419 e. The number of hydrogen-bond acceptors (Lipinski definition) is 2. The Morgan fingerprint density at radius 1 is 1.29 bits per heavy atom. The molecule has 0 radical (unpaired) electrons. The van der Waals surface area contributed by atoms with Crippen molar-refractivity contribution in [3.05, 3.63) is 47.3 Å². The molecule has 6 heteroatoms. The Kier molecular flexibility index (Phi) is 4.67. The maximum absolute atomic E-state index is 12.6. The van der Waals surface area contributed by atoms with E-state index < -0.39 is 11.7 Å². The van der Waals surface area contributed by atoms with E-state index in [1.54, 1.807) is 6.07 Å². The predicted molar refractivity (Wildman–Crippen MR) is 75.3 cm³/mol. The van der Waals surface area contributed by atoms with E-state index in [2.05, 4.69) is 17.3 Å². The lowest BCUT2D eigenvalue weighted by Gasteiger charge is -2.09. The molecule has 1 aromatic heterocycles. The Hall–Kier alpha value is -1.82. The van der Waals surface area contributed by atoms with Crippen LogP contribution in [0.25, 0.3) is 5.69 Å². The summed E-state index contributed by atoms with van der Waals surface area (Å²) in [6.07, 6.45) is -1.46. The lowest BCUT2D eigenvalue weighted by molar-refractivity contribution is -0.137. The summed E-state index contributed by atoms with van der Waals surface area (Å²) >= 11 is 0. The number of nitrogens with zero attached hydrogens (tertiary/aromatic N) is 2. The zero-order valence-corrected chi connectivity index (χ0v) is 12.0. The summed E-state index contributed by atoms with van der Waals surface area (Å²) in [5, 5.41) is 7.08. The molecule has 0 saturated carbocycles. The summed E-state index contributed by atoms with van der Waals surface area (Å²) < 4.78 is 39.0. The fourth-order valence-electron chi connectivity index (χ4n) is 2.03. The van der Waals surface area contributed by atoms with Crippen LogP contribution in [-0.4, -0.2) is 16.3 Å². The second-order valence-corrected chi connectivity index (χ2v) is 4.96. The van der Waals surface area contributed by atoms with E-state index >= 15 is 0 Å². The van der Waals surface area contributed by atoms with Gasteiger partial charge in [0.05, 0.1) is 17.4 Å². The van der Waals surface area contributed by atoms with Crippen molar-refractivity contribution in [3.63, 3.8) is 0 Å². The quantitative estimate of drug-likeness (QED) is 0.853. The third-order valence-electron chi connectivity index (χ3n) is 3.24. The van der Waals surface area contributed by atoms with Crippen LogP contribution in [0.5, 0.6) is 0 Å². The summed E-state index contributed by atoms with van der Waals surface area (Å²) in [7, 11) is 0. The lowest BCUT2D eigenvalue weighted by Crippen LogP contribution is -2.14. The molecular formula is C15H18F3N3. The van der Waals surface area contributed by atoms with Gasteiger partial charge in [0.1, 0.15) is 0 Å². The van der Waals surface area contributed by atoms with Gasteiger partial charge in [0.25, 0.3) is 0 Å². The van der Waals surface area contributed by atoms with E-state index in [4.69, 9.17) is 0 Å². The molecule has 1 aromatic carbocycles. The Morgan fingerprint density at radius 3 is 2.62 bits per heavy atom. The van der Waals surface area contributed by atoms with Gasteiger partial charge in [-0.05, 0) is 43.1 Å². The van der Waals surface area contributed by atoms with Crippen LogP contribution >= 0.6 is 0 Å². The highest BCUT2D eigenvalue weighted by atomic mass is 19.4. The fraction of sp³-hybridized carbons (Fsp3) is 0.400. The first-order valence-corrected chi connectivity index (χ1v) is 6.84. The van der Waals surface area contributed by atoms with Gasteiger partial charge in [-0.2, -0.15) is 18.3 Å². The summed E-state index contributed by atoms with van der Waals surface area (Å²) in [5.74, 6) is 0. The molecule has 0 amide bonds. The minimum absolute atomic E-state index is 0.627. The number of aryl methyl sites for hydroxylation is 1. The third kappa shape index (κ3) is 3.85. The molecule has 0 bridgehead atoms. The molecule has 1 heterocycles. The van der Waals surface area contributed by atoms with Crippen LogP contribution in [0.2, 0.25) is 0 Å². The van der Waals surface area contributed by atoms with Crippen molar-refractivity contribution in [2.24, 2.45) is 0 Å². The van der Waals surface area contributed by atoms with Gasteiger partial charge >= 0.3 is 6.18 Å². The number of hydrogen-bond donors (Lipinski definition) is 1. The molecule has 3 nitrogen and oxygen atoms in total. The Labute approximate surface area is 121 Å². The topological polar surface area (TPSA) is 29.9 Å². The molecule has 2 aromatic rings. The predicted octanol–water partition coefficient (Wildman–Crippen LogP) is 3.70. The first-order valence-electron chi connectivity index (χ1n) is 6.84. The van der Waals surface area contributed by atoms with E-state index in [-0.39, 0.29) is 0 Å². The molecule has 0 fully saturated rings. The molecule has 0 aliphatic rings. The average molecular weight is 297 g/mol. The molecule has 0 aliphatic heterocycles. The Bertz CT molecular complexity index is 602. The van der Waals surface area contributed by atoms with E-state index in [1.807, 2.05) is 19.1 Å². The molecule has 2 rings (SSSR count). The molecule has 0 unspecified atom stereocenters. The van der Waals surface area contributed by atoms with Gasteiger partial charge in [0, 0.05) is 12.7 Å². The number of nitrogens with one attached hydrogen (secondary N) is 1. The summed E-state index contributed by atoms with van der Waals surface area (Å²) in [5.41, 5.74) is 2.05. The smallest absolute Gasteiger partial charge is 0.313 e. The molecule has 0 spiro atoms. The van der Waals surface area contributed by atoms with Crippen molar-refractivity contribution < 1.29 is 13.2 Å². The molecule has 114 valence electrons. The van der Waals surface area contributed by atoms with E-state index in [0.717, 1.165) is 43.0 Å². The highest BCUT2D eigenvalue weighted by Gasteiger charge is 2.32.